The molecule has 0 radical (unpaired) electrons. The number of nitrogens with zero attached hydrogens (tertiary/aromatic N) is 3. The average molecular weight is 644 g/mol. The molecule has 0 bridgehead atoms. The van der Waals surface area contributed by atoms with Crippen LogP contribution in [0.2, 0.25) is 0 Å². The maximum absolute atomic E-state index is 8.58. The van der Waals surface area contributed by atoms with E-state index >= 15 is 0 Å². The molecule has 0 aliphatic carbocycles. The highest BCUT2D eigenvalue weighted by Gasteiger charge is 2.21. The highest BCUT2D eigenvalue weighted by atomic mass is 16.5. The van der Waals surface area contributed by atoms with Gasteiger partial charge < -0.3 is 4.74 Å². The lowest BCUT2D eigenvalue weighted by Gasteiger charge is -2.23. The summed E-state index contributed by atoms with van der Waals surface area (Å²) >= 11 is 0. The van der Waals surface area contributed by atoms with Crippen molar-refractivity contribution < 1.29 is 7.48 Å². The Balaban J connectivity index is 1.18. The molecule has 0 fully saturated rings. The largest absolute Gasteiger partial charge is 0.488 e. The lowest BCUT2D eigenvalue weighted by atomic mass is 9.89. The van der Waals surface area contributed by atoms with Crippen LogP contribution in [0, 0.1) is 0 Å². The SMILES string of the molecule is [2H]C1([2H])Oc2cccc(-c3cccc(-c4nc(-c5ccc(-c6ccccc6)cc5)nc(-c5cccc(-c6ccccc6)c5)n4)c3)c2-c2ccccc21. The van der Waals surface area contributed by atoms with E-state index in [1.807, 2.05) is 97.1 Å². The Labute approximate surface area is 294 Å². The summed E-state index contributed by atoms with van der Waals surface area (Å²) in [4.78, 5) is 15.2. The molecule has 0 unspecified atom stereocenters. The smallest absolute Gasteiger partial charge is 0.164 e. The molecule has 9 rings (SSSR count). The number of hydrogen-bond acceptors (Lipinski definition) is 4. The normalized spacial score (nSPS) is 13.3. The van der Waals surface area contributed by atoms with Crippen molar-refractivity contribution in [1.82, 2.24) is 15.0 Å². The first-order valence-corrected chi connectivity index (χ1v) is 16.6. The van der Waals surface area contributed by atoms with Gasteiger partial charge in [0, 0.05) is 22.3 Å². The monoisotopic (exact) mass is 643 g/mol. The van der Waals surface area contributed by atoms with Gasteiger partial charge in [0.1, 0.15) is 12.3 Å². The third-order valence-corrected chi connectivity index (χ3v) is 9.04. The molecule has 4 heteroatoms. The first kappa shape index (κ1) is 27.3. The highest BCUT2D eigenvalue weighted by Crippen LogP contribution is 2.44. The number of hydrogen-bond donors (Lipinski definition) is 0. The van der Waals surface area contributed by atoms with Crippen molar-refractivity contribution in [2.45, 2.75) is 6.56 Å². The fourth-order valence-corrected chi connectivity index (χ4v) is 6.53. The van der Waals surface area contributed by atoms with Crippen LogP contribution in [-0.2, 0) is 6.56 Å². The number of ether oxygens (including phenoxy) is 1. The molecule has 0 spiro atoms. The van der Waals surface area contributed by atoms with Crippen LogP contribution in [0.1, 0.15) is 8.30 Å². The Morgan fingerprint density at radius 1 is 0.380 bits per heavy atom. The number of rotatable bonds is 6. The topological polar surface area (TPSA) is 47.9 Å². The summed E-state index contributed by atoms with van der Waals surface area (Å²) in [5, 5.41) is 0. The second-order valence-corrected chi connectivity index (χ2v) is 12.2. The summed E-state index contributed by atoms with van der Waals surface area (Å²) in [5.74, 6) is 2.22. The second kappa shape index (κ2) is 12.8. The van der Waals surface area contributed by atoms with Crippen LogP contribution in [0.3, 0.4) is 0 Å². The molecule has 0 N–H and O–H groups in total. The Morgan fingerprint density at radius 2 is 0.840 bits per heavy atom. The minimum Gasteiger partial charge on any atom is -0.488 e. The fourth-order valence-electron chi connectivity index (χ4n) is 6.53. The van der Waals surface area contributed by atoms with E-state index in [1.54, 1.807) is 6.07 Å². The van der Waals surface area contributed by atoms with Crippen molar-refractivity contribution in [3.63, 3.8) is 0 Å². The first-order valence-electron chi connectivity index (χ1n) is 17.6. The van der Waals surface area contributed by atoms with E-state index < -0.39 is 6.56 Å². The van der Waals surface area contributed by atoms with Crippen LogP contribution in [0.4, 0.5) is 0 Å². The fraction of sp³-hybridized carbons (Fsp3) is 0.0217. The minimum atomic E-state index is -1.93. The third kappa shape index (κ3) is 5.63. The van der Waals surface area contributed by atoms with Gasteiger partial charge in [0.15, 0.2) is 17.5 Å². The molecule has 0 amide bonds. The van der Waals surface area contributed by atoms with Gasteiger partial charge >= 0.3 is 0 Å². The standard InChI is InChI=1S/C46H31N3O/c1-3-12-31(13-4-1)33-24-26-34(27-25-33)44-47-45(37-19-9-17-35(28-37)32-14-5-2-6-15-32)49-46(48-44)38-20-10-18-36(29-38)40-22-11-23-42-43(40)41-21-8-7-16-39(41)30-50-42/h1-29H,30H2/i30D2. The zero-order valence-corrected chi connectivity index (χ0v) is 27.0. The van der Waals surface area contributed by atoms with Gasteiger partial charge in [-0.05, 0) is 62.7 Å². The molecule has 0 saturated carbocycles. The van der Waals surface area contributed by atoms with Gasteiger partial charge in [-0.2, -0.15) is 0 Å². The van der Waals surface area contributed by atoms with Crippen LogP contribution >= 0.6 is 0 Å². The average Bonchev–Trinajstić information content (AvgIpc) is 3.21. The van der Waals surface area contributed by atoms with Crippen LogP contribution in [-0.4, -0.2) is 15.0 Å². The minimum absolute atomic E-state index is 0.508. The summed E-state index contributed by atoms with van der Waals surface area (Å²) < 4.78 is 23.1. The molecular formula is C46H31N3O. The van der Waals surface area contributed by atoms with E-state index in [9.17, 15) is 0 Å². The molecule has 4 nitrogen and oxygen atoms in total. The molecule has 236 valence electrons. The van der Waals surface area contributed by atoms with Gasteiger partial charge in [0.05, 0.1) is 2.74 Å². The quantitative estimate of drug-likeness (QED) is 0.181. The molecule has 50 heavy (non-hydrogen) atoms. The van der Waals surface area contributed by atoms with Crippen molar-refractivity contribution in [2.75, 3.05) is 0 Å². The summed E-state index contributed by atoms with van der Waals surface area (Å²) in [6.45, 7) is -1.93. The molecule has 2 heterocycles. The summed E-state index contributed by atoms with van der Waals surface area (Å²) in [5.41, 5.74) is 11.1. The van der Waals surface area contributed by atoms with Crippen LogP contribution in [0.25, 0.3) is 78.7 Å². The summed E-state index contributed by atoms with van der Waals surface area (Å²) in [6, 6.07) is 58.7. The second-order valence-electron chi connectivity index (χ2n) is 12.2. The van der Waals surface area contributed by atoms with E-state index in [0.717, 1.165) is 61.2 Å². The molecule has 7 aromatic carbocycles. The molecule has 0 atom stereocenters. The predicted molar refractivity (Wildman–Crippen MR) is 202 cm³/mol. The van der Waals surface area contributed by atoms with Gasteiger partial charge in [-0.25, -0.2) is 15.0 Å². The molecule has 1 aliphatic rings. The van der Waals surface area contributed by atoms with Gasteiger partial charge in [-0.1, -0.05) is 158 Å². The van der Waals surface area contributed by atoms with Gasteiger partial charge in [0.2, 0.25) is 0 Å². The molecular weight excluding hydrogens is 611 g/mol. The van der Waals surface area contributed by atoms with Crippen molar-refractivity contribution in [1.29, 1.82) is 0 Å². The lowest BCUT2D eigenvalue weighted by molar-refractivity contribution is 0.302. The number of aromatic nitrogens is 3. The zero-order valence-electron chi connectivity index (χ0n) is 29.0. The van der Waals surface area contributed by atoms with E-state index in [-0.39, 0.29) is 0 Å². The van der Waals surface area contributed by atoms with Crippen LogP contribution in [0.15, 0.2) is 176 Å². The first-order chi connectivity index (χ1) is 25.5. The van der Waals surface area contributed by atoms with Gasteiger partial charge in [-0.15, -0.1) is 0 Å². The molecule has 8 aromatic rings. The van der Waals surface area contributed by atoms with Crippen molar-refractivity contribution in [3.05, 3.63) is 181 Å². The van der Waals surface area contributed by atoms with Crippen molar-refractivity contribution in [3.8, 4) is 84.4 Å². The third-order valence-electron chi connectivity index (χ3n) is 9.04. The van der Waals surface area contributed by atoms with Crippen LogP contribution in [0.5, 0.6) is 5.75 Å². The van der Waals surface area contributed by atoms with Crippen molar-refractivity contribution in [2.24, 2.45) is 0 Å². The molecule has 1 aromatic heterocycles. The summed E-state index contributed by atoms with van der Waals surface area (Å²) in [7, 11) is 0. The maximum Gasteiger partial charge on any atom is 0.164 e. The Morgan fingerprint density at radius 3 is 1.54 bits per heavy atom. The van der Waals surface area contributed by atoms with E-state index in [2.05, 4.69) is 72.8 Å². The Hall–Kier alpha value is -6.65. The van der Waals surface area contributed by atoms with E-state index in [0.29, 0.717) is 28.8 Å². The lowest BCUT2D eigenvalue weighted by Crippen LogP contribution is -2.06. The van der Waals surface area contributed by atoms with Gasteiger partial charge in [-0.3, -0.25) is 0 Å². The zero-order chi connectivity index (χ0) is 35.1. The van der Waals surface area contributed by atoms with Gasteiger partial charge in [0.25, 0.3) is 0 Å². The van der Waals surface area contributed by atoms with Crippen LogP contribution < -0.4 is 4.74 Å². The Kier molecular flexibility index (Phi) is 6.97. The summed E-state index contributed by atoms with van der Waals surface area (Å²) in [6.07, 6.45) is 0. The molecule has 1 aliphatic heterocycles. The number of benzene rings is 7. The highest BCUT2D eigenvalue weighted by molar-refractivity contribution is 5.90. The van der Waals surface area contributed by atoms with E-state index in [4.69, 9.17) is 22.4 Å². The molecule has 0 saturated heterocycles. The number of fused-ring (bicyclic) bond motifs is 3. The maximum atomic E-state index is 8.58. The Bertz CT molecular complexity index is 2570. The van der Waals surface area contributed by atoms with Crippen molar-refractivity contribution >= 4 is 0 Å². The van der Waals surface area contributed by atoms with E-state index in [1.165, 1.54) is 0 Å². The predicted octanol–water partition coefficient (Wildman–Crippen LogP) is 11.4.